The number of aromatic nitrogens is 1. The van der Waals surface area contributed by atoms with Crippen LogP contribution < -0.4 is 0 Å². The maximum Gasteiger partial charge on any atom is 0.135 e. The van der Waals surface area contributed by atoms with E-state index in [2.05, 4.69) is 162 Å². The average Bonchev–Trinajstić information content (AvgIpc) is 3.71. The number of furan rings is 1. The molecule has 0 amide bonds. The van der Waals surface area contributed by atoms with Crippen LogP contribution in [0.5, 0.6) is 0 Å². The summed E-state index contributed by atoms with van der Waals surface area (Å²) in [5, 5.41) is 3.53. The van der Waals surface area contributed by atoms with E-state index in [0.29, 0.717) is 0 Å². The summed E-state index contributed by atoms with van der Waals surface area (Å²) < 4.78 is 8.63. The van der Waals surface area contributed by atoms with E-state index >= 15 is 0 Å². The molecule has 0 unspecified atom stereocenters. The van der Waals surface area contributed by atoms with Gasteiger partial charge in [-0.2, -0.15) is 0 Å². The lowest BCUT2D eigenvalue weighted by Crippen LogP contribution is -1.93. The third-order valence-corrected chi connectivity index (χ3v) is 9.01. The van der Waals surface area contributed by atoms with Crippen molar-refractivity contribution in [1.29, 1.82) is 0 Å². The number of hydrogen-bond acceptors (Lipinski definition) is 1. The second kappa shape index (κ2) is 10.8. The molecule has 0 aliphatic heterocycles. The predicted molar refractivity (Wildman–Crippen MR) is 192 cm³/mol. The van der Waals surface area contributed by atoms with Gasteiger partial charge >= 0.3 is 0 Å². The Hall–Kier alpha value is -6.12. The van der Waals surface area contributed by atoms with Gasteiger partial charge in [-0.3, -0.25) is 0 Å². The third-order valence-electron chi connectivity index (χ3n) is 9.01. The molecule has 2 aromatic heterocycles. The van der Waals surface area contributed by atoms with E-state index in [1.54, 1.807) is 0 Å². The first-order chi connectivity index (χ1) is 22.8. The number of hydrogen-bond donors (Lipinski definition) is 0. The molecule has 9 rings (SSSR count). The van der Waals surface area contributed by atoms with Crippen LogP contribution in [0.4, 0.5) is 0 Å². The van der Waals surface area contributed by atoms with Crippen molar-refractivity contribution in [2.45, 2.75) is 0 Å². The third kappa shape index (κ3) is 4.51. The molecule has 2 heterocycles. The van der Waals surface area contributed by atoms with Crippen molar-refractivity contribution in [3.8, 4) is 50.4 Å². The van der Waals surface area contributed by atoms with E-state index in [-0.39, 0.29) is 0 Å². The first kappa shape index (κ1) is 26.3. The Balaban J connectivity index is 1.15. The Kier molecular flexibility index (Phi) is 6.17. The fourth-order valence-electron chi connectivity index (χ4n) is 6.70. The summed E-state index contributed by atoms with van der Waals surface area (Å²) in [6.07, 6.45) is 0. The van der Waals surface area contributed by atoms with Crippen LogP contribution in [-0.2, 0) is 0 Å². The molecule has 2 nitrogen and oxygen atoms in total. The Morgan fingerprint density at radius 3 is 1.52 bits per heavy atom. The van der Waals surface area contributed by atoms with Crippen molar-refractivity contribution >= 4 is 32.8 Å². The molecule has 7 aromatic carbocycles. The highest BCUT2D eigenvalue weighted by Crippen LogP contribution is 2.38. The number of nitrogens with zero attached hydrogens (tertiary/aromatic N) is 1. The van der Waals surface area contributed by atoms with Crippen molar-refractivity contribution in [3.63, 3.8) is 0 Å². The molecule has 0 aliphatic rings. The average molecular weight is 588 g/mol. The van der Waals surface area contributed by atoms with Crippen LogP contribution in [-0.4, -0.2) is 4.57 Å². The van der Waals surface area contributed by atoms with Gasteiger partial charge in [-0.25, -0.2) is 0 Å². The molecule has 0 aliphatic carbocycles. The number of rotatable bonds is 5. The number of benzene rings is 7. The molecule has 216 valence electrons. The molecular weight excluding hydrogens is 558 g/mol. The van der Waals surface area contributed by atoms with Gasteiger partial charge < -0.3 is 8.98 Å². The Labute approximate surface area is 267 Å². The summed E-state index contributed by atoms with van der Waals surface area (Å²) in [6, 6.07) is 62.7. The normalized spacial score (nSPS) is 11.5. The van der Waals surface area contributed by atoms with Gasteiger partial charge in [-0.15, -0.1) is 0 Å². The van der Waals surface area contributed by atoms with Crippen molar-refractivity contribution in [2.24, 2.45) is 0 Å². The summed E-state index contributed by atoms with van der Waals surface area (Å²) in [6.45, 7) is 0. The SMILES string of the molecule is c1ccc(-c2cccc(-c3ccc(-c4ccc5c(c4)c4cc(-c6cc7ccccc7o6)ccc4n5-c4ccccc4)cc3)c2)cc1. The molecule has 2 heteroatoms. The van der Waals surface area contributed by atoms with Crippen LogP contribution in [0.2, 0.25) is 0 Å². The van der Waals surface area contributed by atoms with Gasteiger partial charge in [0, 0.05) is 27.4 Å². The maximum atomic E-state index is 6.27. The molecule has 0 spiro atoms. The Bertz CT molecular complexity index is 2470. The Morgan fingerprint density at radius 1 is 0.348 bits per heavy atom. The van der Waals surface area contributed by atoms with E-state index in [1.807, 2.05) is 18.2 Å². The van der Waals surface area contributed by atoms with Crippen LogP contribution in [0.3, 0.4) is 0 Å². The quantitative estimate of drug-likeness (QED) is 0.196. The van der Waals surface area contributed by atoms with Crippen molar-refractivity contribution in [2.75, 3.05) is 0 Å². The minimum atomic E-state index is 0.881. The Morgan fingerprint density at radius 2 is 0.848 bits per heavy atom. The highest BCUT2D eigenvalue weighted by Gasteiger charge is 2.16. The molecular formula is C44H29NO. The molecule has 9 aromatic rings. The van der Waals surface area contributed by atoms with E-state index < -0.39 is 0 Å². The lowest BCUT2D eigenvalue weighted by Gasteiger charge is -2.09. The largest absolute Gasteiger partial charge is 0.456 e. The van der Waals surface area contributed by atoms with E-state index in [9.17, 15) is 0 Å². The fourth-order valence-corrected chi connectivity index (χ4v) is 6.70. The van der Waals surface area contributed by atoms with E-state index in [0.717, 1.165) is 28.0 Å². The van der Waals surface area contributed by atoms with E-state index in [4.69, 9.17) is 4.42 Å². The topological polar surface area (TPSA) is 18.1 Å². The first-order valence-electron chi connectivity index (χ1n) is 15.7. The molecule has 0 atom stereocenters. The zero-order valence-corrected chi connectivity index (χ0v) is 25.1. The van der Waals surface area contributed by atoms with Gasteiger partial charge in [-0.05, 0) is 94.0 Å². The predicted octanol–water partition coefficient (Wildman–Crippen LogP) is 12.2. The van der Waals surface area contributed by atoms with Gasteiger partial charge in [0.1, 0.15) is 11.3 Å². The van der Waals surface area contributed by atoms with Crippen molar-refractivity contribution < 1.29 is 4.42 Å². The standard InChI is InChI=1S/C44H29NO/c1-3-10-30(11-4-1)33-13-9-14-34(26-33)31-18-20-32(21-19-31)35-22-24-41-39(27-35)40-28-37(44-29-36-12-7-8-17-43(36)46-44)23-25-42(40)45(41)38-15-5-2-6-16-38/h1-29H. The first-order valence-corrected chi connectivity index (χ1v) is 15.7. The minimum absolute atomic E-state index is 0.881. The zero-order valence-electron chi connectivity index (χ0n) is 25.1. The molecule has 0 bridgehead atoms. The monoisotopic (exact) mass is 587 g/mol. The lowest BCUT2D eigenvalue weighted by molar-refractivity contribution is 0.631. The van der Waals surface area contributed by atoms with Crippen LogP contribution in [0.15, 0.2) is 180 Å². The maximum absolute atomic E-state index is 6.27. The molecule has 46 heavy (non-hydrogen) atoms. The summed E-state index contributed by atoms with van der Waals surface area (Å²) in [4.78, 5) is 0. The summed E-state index contributed by atoms with van der Waals surface area (Å²) in [5.74, 6) is 0.881. The van der Waals surface area contributed by atoms with Crippen molar-refractivity contribution in [3.05, 3.63) is 176 Å². The van der Waals surface area contributed by atoms with Crippen LogP contribution in [0.1, 0.15) is 0 Å². The molecule has 0 N–H and O–H groups in total. The fraction of sp³-hybridized carbons (Fsp3) is 0. The number of para-hydroxylation sites is 2. The summed E-state index contributed by atoms with van der Waals surface area (Å²) in [7, 11) is 0. The second-order valence-electron chi connectivity index (χ2n) is 11.8. The smallest absolute Gasteiger partial charge is 0.135 e. The highest BCUT2D eigenvalue weighted by atomic mass is 16.3. The van der Waals surface area contributed by atoms with Crippen LogP contribution >= 0.6 is 0 Å². The molecule has 0 fully saturated rings. The van der Waals surface area contributed by atoms with Gasteiger partial charge in [-0.1, -0.05) is 115 Å². The van der Waals surface area contributed by atoms with Gasteiger partial charge in [0.15, 0.2) is 0 Å². The lowest BCUT2D eigenvalue weighted by atomic mass is 9.96. The molecule has 0 saturated carbocycles. The van der Waals surface area contributed by atoms with Gasteiger partial charge in [0.05, 0.1) is 11.0 Å². The summed E-state index contributed by atoms with van der Waals surface area (Å²) >= 11 is 0. The highest BCUT2D eigenvalue weighted by molar-refractivity contribution is 6.11. The van der Waals surface area contributed by atoms with Gasteiger partial charge in [0.25, 0.3) is 0 Å². The van der Waals surface area contributed by atoms with Gasteiger partial charge in [0.2, 0.25) is 0 Å². The zero-order chi connectivity index (χ0) is 30.5. The van der Waals surface area contributed by atoms with Crippen LogP contribution in [0, 0.1) is 0 Å². The molecule has 0 saturated heterocycles. The minimum Gasteiger partial charge on any atom is -0.456 e. The second-order valence-corrected chi connectivity index (χ2v) is 11.8. The van der Waals surface area contributed by atoms with Crippen molar-refractivity contribution in [1.82, 2.24) is 4.57 Å². The molecule has 0 radical (unpaired) electrons. The van der Waals surface area contributed by atoms with E-state index in [1.165, 1.54) is 55.2 Å². The summed E-state index contributed by atoms with van der Waals surface area (Å²) in [5.41, 5.74) is 12.7. The number of fused-ring (bicyclic) bond motifs is 4. The van der Waals surface area contributed by atoms with Crippen LogP contribution in [0.25, 0.3) is 83.2 Å².